The van der Waals surface area contributed by atoms with Gasteiger partial charge in [0.25, 0.3) is 0 Å². The van der Waals surface area contributed by atoms with Crippen molar-refractivity contribution in [2.45, 2.75) is 23.8 Å². The molecule has 0 saturated carbocycles. The summed E-state index contributed by atoms with van der Waals surface area (Å²) in [4.78, 5) is 10.3. The molecule has 0 unspecified atom stereocenters. The van der Waals surface area contributed by atoms with Gasteiger partial charge in [-0.15, -0.1) is 11.8 Å². The number of aromatic nitrogens is 2. The molecule has 2 heterocycles. The summed E-state index contributed by atoms with van der Waals surface area (Å²) in [5.41, 5.74) is 2.19. The van der Waals surface area contributed by atoms with Gasteiger partial charge in [0.1, 0.15) is 5.82 Å². The first-order valence-corrected chi connectivity index (χ1v) is 9.69. The van der Waals surface area contributed by atoms with Crippen molar-refractivity contribution in [3.05, 3.63) is 41.6 Å². The second-order valence-corrected chi connectivity index (χ2v) is 6.80. The van der Waals surface area contributed by atoms with Crippen LogP contribution in [0, 0.1) is 0 Å². The van der Waals surface area contributed by atoms with Crippen molar-refractivity contribution in [3.63, 3.8) is 0 Å². The molecule has 7 heteroatoms. The zero-order chi connectivity index (χ0) is 17.5. The average molecular weight is 360 g/mol. The quantitative estimate of drug-likeness (QED) is 0.625. The molecule has 1 fully saturated rings. The molecule has 1 aromatic carbocycles. The van der Waals surface area contributed by atoms with Gasteiger partial charge in [-0.3, -0.25) is 0 Å². The SMILES string of the molecule is CSc1cccc(CNc2cc([C@H]3CCOC3)nc(NCCO)n2)c1. The van der Waals surface area contributed by atoms with Crippen molar-refractivity contribution in [1.82, 2.24) is 9.97 Å². The normalized spacial score (nSPS) is 16.8. The second-order valence-electron chi connectivity index (χ2n) is 5.92. The zero-order valence-corrected chi connectivity index (χ0v) is 15.2. The Hall–Kier alpha value is -1.83. The lowest BCUT2D eigenvalue weighted by atomic mass is 10.0. The van der Waals surface area contributed by atoms with E-state index >= 15 is 0 Å². The summed E-state index contributed by atoms with van der Waals surface area (Å²) >= 11 is 1.73. The van der Waals surface area contributed by atoms with Crippen molar-refractivity contribution in [1.29, 1.82) is 0 Å². The van der Waals surface area contributed by atoms with Gasteiger partial charge in [-0.25, -0.2) is 4.98 Å². The predicted octanol–water partition coefficient (Wildman–Crippen LogP) is 2.72. The predicted molar refractivity (Wildman–Crippen MR) is 101 cm³/mol. The highest BCUT2D eigenvalue weighted by molar-refractivity contribution is 7.98. The summed E-state index contributed by atoms with van der Waals surface area (Å²) in [6, 6.07) is 10.5. The molecule has 0 bridgehead atoms. The third-order valence-corrected chi connectivity index (χ3v) is 4.82. The standard InChI is InChI=1S/C18H24N4O2S/c1-25-15-4-2-3-13(9-15)11-20-17-10-16(14-5-8-24-12-14)21-18(22-17)19-6-7-23/h2-4,9-10,14,23H,5-8,11-12H2,1H3,(H2,19,20,21,22)/t14-/m0/s1. The van der Waals surface area contributed by atoms with Gasteiger partial charge in [-0.05, 0) is 30.4 Å². The molecule has 1 aromatic heterocycles. The molecule has 0 radical (unpaired) electrons. The average Bonchev–Trinajstić information content (AvgIpc) is 3.19. The molecule has 3 rings (SSSR count). The van der Waals surface area contributed by atoms with Gasteiger partial charge in [0.05, 0.1) is 18.9 Å². The number of aliphatic hydroxyl groups is 1. The van der Waals surface area contributed by atoms with Crippen LogP contribution in [-0.4, -0.2) is 47.7 Å². The first kappa shape index (κ1) is 18.0. The smallest absolute Gasteiger partial charge is 0.224 e. The minimum absolute atomic E-state index is 0.0460. The van der Waals surface area contributed by atoms with E-state index in [1.807, 2.05) is 6.07 Å². The third kappa shape index (κ3) is 5.07. The summed E-state index contributed by atoms with van der Waals surface area (Å²) in [7, 11) is 0. The number of thioether (sulfide) groups is 1. The van der Waals surface area contributed by atoms with Crippen LogP contribution in [0.15, 0.2) is 35.2 Å². The summed E-state index contributed by atoms with van der Waals surface area (Å²) in [5.74, 6) is 1.63. The van der Waals surface area contributed by atoms with Crippen molar-refractivity contribution in [3.8, 4) is 0 Å². The Bertz CT molecular complexity index is 693. The molecule has 1 atom stereocenters. The Labute approximate surface area is 152 Å². The molecule has 134 valence electrons. The molecule has 0 aliphatic carbocycles. The highest BCUT2D eigenvalue weighted by atomic mass is 32.2. The lowest BCUT2D eigenvalue weighted by Crippen LogP contribution is -2.13. The lowest BCUT2D eigenvalue weighted by molar-refractivity contribution is 0.193. The Morgan fingerprint density at radius 3 is 2.96 bits per heavy atom. The maximum atomic E-state index is 9.02. The van der Waals surface area contributed by atoms with Crippen LogP contribution in [0.1, 0.15) is 23.6 Å². The molecule has 6 nitrogen and oxygen atoms in total. The molecule has 0 amide bonds. The fraction of sp³-hybridized carbons (Fsp3) is 0.444. The number of anilines is 2. The highest BCUT2D eigenvalue weighted by Crippen LogP contribution is 2.26. The van der Waals surface area contributed by atoms with Crippen LogP contribution in [0.3, 0.4) is 0 Å². The summed E-state index contributed by atoms with van der Waals surface area (Å²) in [5, 5.41) is 15.5. The molecule has 1 saturated heterocycles. The number of hydrogen-bond acceptors (Lipinski definition) is 7. The van der Waals surface area contributed by atoms with Crippen LogP contribution in [-0.2, 0) is 11.3 Å². The van der Waals surface area contributed by atoms with E-state index in [-0.39, 0.29) is 6.61 Å². The number of aliphatic hydroxyl groups excluding tert-OH is 1. The summed E-state index contributed by atoms with van der Waals surface area (Å²) in [6.45, 7) is 2.65. The zero-order valence-electron chi connectivity index (χ0n) is 14.4. The molecule has 3 N–H and O–H groups in total. The molecule has 0 spiro atoms. The first-order chi connectivity index (χ1) is 12.3. The Balaban J connectivity index is 1.74. The summed E-state index contributed by atoms with van der Waals surface area (Å²) in [6.07, 6.45) is 3.05. The van der Waals surface area contributed by atoms with Gasteiger partial charge in [-0.2, -0.15) is 4.98 Å². The van der Waals surface area contributed by atoms with E-state index in [2.05, 4.69) is 51.1 Å². The Morgan fingerprint density at radius 2 is 2.20 bits per heavy atom. The van der Waals surface area contributed by atoms with E-state index in [9.17, 15) is 0 Å². The van der Waals surface area contributed by atoms with Gasteiger partial charge in [0.15, 0.2) is 0 Å². The van der Waals surface area contributed by atoms with Crippen LogP contribution >= 0.6 is 11.8 Å². The van der Waals surface area contributed by atoms with Gasteiger partial charge in [-0.1, -0.05) is 12.1 Å². The second kappa shape index (κ2) is 9.03. The molecule has 25 heavy (non-hydrogen) atoms. The number of nitrogens with zero attached hydrogens (tertiary/aromatic N) is 2. The van der Waals surface area contributed by atoms with E-state index in [0.717, 1.165) is 24.5 Å². The van der Waals surface area contributed by atoms with E-state index in [1.165, 1.54) is 10.5 Å². The Morgan fingerprint density at radius 1 is 1.28 bits per heavy atom. The number of nitrogens with one attached hydrogen (secondary N) is 2. The Kier molecular flexibility index (Phi) is 6.49. The molecule has 1 aliphatic rings. The minimum Gasteiger partial charge on any atom is -0.395 e. The first-order valence-electron chi connectivity index (χ1n) is 8.46. The van der Waals surface area contributed by atoms with Crippen molar-refractivity contribution in [2.75, 3.05) is 43.3 Å². The number of hydrogen-bond donors (Lipinski definition) is 3. The van der Waals surface area contributed by atoms with Gasteiger partial charge >= 0.3 is 0 Å². The molecular weight excluding hydrogens is 336 g/mol. The third-order valence-electron chi connectivity index (χ3n) is 4.10. The van der Waals surface area contributed by atoms with Crippen LogP contribution in [0.2, 0.25) is 0 Å². The van der Waals surface area contributed by atoms with Gasteiger partial charge < -0.3 is 20.5 Å². The largest absolute Gasteiger partial charge is 0.395 e. The van der Waals surface area contributed by atoms with E-state index in [4.69, 9.17) is 9.84 Å². The maximum Gasteiger partial charge on any atom is 0.224 e. The van der Waals surface area contributed by atoms with E-state index < -0.39 is 0 Å². The summed E-state index contributed by atoms with van der Waals surface area (Å²) < 4.78 is 5.48. The fourth-order valence-electron chi connectivity index (χ4n) is 2.76. The highest BCUT2D eigenvalue weighted by Gasteiger charge is 2.20. The monoisotopic (exact) mass is 360 g/mol. The van der Waals surface area contributed by atoms with E-state index in [1.54, 1.807) is 11.8 Å². The van der Waals surface area contributed by atoms with Gasteiger partial charge in [0, 0.05) is 36.6 Å². The lowest BCUT2D eigenvalue weighted by Gasteiger charge is -2.13. The van der Waals surface area contributed by atoms with Crippen LogP contribution in [0.25, 0.3) is 0 Å². The van der Waals surface area contributed by atoms with Crippen LogP contribution in [0.5, 0.6) is 0 Å². The molecule has 1 aliphatic heterocycles. The fourth-order valence-corrected chi connectivity index (χ4v) is 3.24. The molecule has 2 aromatic rings. The van der Waals surface area contributed by atoms with Crippen molar-refractivity contribution >= 4 is 23.5 Å². The topological polar surface area (TPSA) is 79.3 Å². The number of rotatable bonds is 8. The van der Waals surface area contributed by atoms with Crippen molar-refractivity contribution < 1.29 is 9.84 Å². The maximum absolute atomic E-state index is 9.02. The number of benzene rings is 1. The van der Waals surface area contributed by atoms with E-state index in [0.29, 0.717) is 31.6 Å². The van der Waals surface area contributed by atoms with Crippen molar-refractivity contribution in [2.24, 2.45) is 0 Å². The van der Waals surface area contributed by atoms with Crippen LogP contribution in [0.4, 0.5) is 11.8 Å². The number of ether oxygens (including phenoxy) is 1. The molecular formula is C18H24N4O2S. The minimum atomic E-state index is 0.0460. The van der Waals surface area contributed by atoms with Crippen LogP contribution < -0.4 is 10.6 Å². The van der Waals surface area contributed by atoms with Gasteiger partial charge in [0.2, 0.25) is 5.95 Å².